The van der Waals surface area contributed by atoms with Crippen LogP contribution in [0.4, 0.5) is 0 Å². The molecule has 2 aromatic rings. The van der Waals surface area contributed by atoms with Gasteiger partial charge in [-0.2, -0.15) is 0 Å². The third-order valence-corrected chi connectivity index (χ3v) is 9.72. The molecular formula is C38H51N4O8+. The molecule has 3 N–H and O–H groups in total. The Morgan fingerprint density at radius 2 is 1.48 bits per heavy atom. The summed E-state index contributed by atoms with van der Waals surface area (Å²) in [5.41, 5.74) is 6.90. The van der Waals surface area contributed by atoms with Crippen LogP contribution in [0, 0.1) is 5.92 Å². The van der Waals surface area contributed by atoms with E-state index in [0.717, 1.165) is 12.7 Å². The second-order valence-corrected chi connectivity index (χ2v) is 14.3. The number of benzene rings is 2. The number of Topliss-reactive ketones (excluding diaryl/α,β-unsaturated/α-hetero) is 1. The van der Waals surface area contributed by atoms with Crippen LogP contribution < -0.4 is 11.1 Å². The number of nitrogens with zero attached hydrogens (tertiary/aromatic N) is 2. The molecule has 3 amide bonds. The zero-order valence-electron chi connectivity index (χ0n) is 29.6. The van der Waals surface area contributed by atoms with E-state index in [4.69, 9.17) is 15.2 Å². The van der Waals surface area contributed by atoms with Crippen LogP contribution >= 0.6 is 0 Å². The van der Waals surface area contributed by atoms with Crippen LogP contribution in [-0.2, 0) is 51.1 Å². The molecule has 2 saturated heterocycles. The third-order valence-electron chi connectivity index (χ3n) is 9.72. The normalized spacial score (nSPS) is 20.8. The Bertz CT molecular complexity index is 1520. The number of likely N-dealkylation sites (tertiary alicyclic amines) is 2. The highest BCUT2D eigenvalue weighted by Crippen LogP contribution is 2.37. The minimum absolute atomic E-state index is 0.000105. The first-order valence-electron chi connectivity index (χ1n) is 17.4. The second kappa shape index (κ2) is 17.0. The molecule has 270 valence electrons. The summed E-state index contributed by atoms with van der Waals surface area (Å²) in [4.78, 5) is 82.9. The number of methoxy groups -OCH3 is 1. The number of hydrogen-bond donors (Lipinski definition) is 2. The quantitative estimate of drug-likeness (QED) is 0.172. The predicted molar refractivity (Wildman–Crippen MR) is 185 cm³/mol. The van der Waals surface area contributed by atoms with Crippen LogP contribution in [0.5, 0.6) is 0 Å². The minimum atomic E-state index is -1.28. The summed E-state index contributed by atoms with van der Waals surface area (Å²) in [5.74, 6) is -4.71. The van der Waals surface area contributed by atoms with E-state index in [0.29, 0.717) is 37.9 Å². The summed E-state index contributed by atoms with van der Waals surface area (Å²) in [5, 5.41) is 3.23. The average molecular weight is 692 g/mol. The summed E-state index contributed by atoms with van der Waals surface area (Å²) in [7, 11) is 1.11. The van der Waals surface area contributed by atoms with E-state index in [1.54, 1.807) is 29.2 Å². The van der Waals surface area contributed by atoms with Crippen LogP contribution in [0.2, 0.25) is 0 Å². The predicted octanol–water partition coefficient (Wildman–Crippen LogP) is 2.50. The molecule has 0 aliphatic carbocycles. The number of carbonyl (C=O) groups excluding carboxylic acids is 6. The fourth-order valence-corrected chi connectivity index (χ4v) is 7.39. The van der Waals surface area contributed by atoms with Crippen molar-refractivity contribution in [3.63, 3.8) is 0 Å². The van der Waals surface area contributed by atoms with Gasteiger partial charge in [-0.1, -0.05) is 60.7 Å². The fraction of sp³-hybridized carbons (Fsp3) is 0.526. The fourth-order valence-electron chi connectivity index (χ4n) is 7.39. The number of ether oxygens (including phenoxy) is 2. The number of nitrogens with one attached hydrogen (secondary N) is 1. The highest BCUT2D eigenvalue weighted by Gasteiger charge is 2.60. The van der Waals surface area contributed by atoms with E-state index in [1.165, 1.54) is 0 Å². The lowest BCUT2D eigenvalue weighted by Gasteiger charge is -2.43. The van der Waals surface area contributed by atoms with E-state index in [9.17, 15) is 24.0 Å². The summed E-state index contributed by atoms with van der Waals surface area (Å²) in [6, 6.07) is 16.0. The van der Waals surface area contributed by atoms with Gasteiger partial charge >= 0.3 is 17.8 Å². The van der Waals surface area contributed by atoms with E-state index in [2.05, 4.69) is 5.32 Å². The highest BCUT2D eigenvalue weighted by atomic mass is 16.6. The number of rotatable bonds is 14. The monoisotopic (exact) mass is 691 g/mol. The van der Waals surface area contributed by atoms with Crippen molar-refractivity contribution in [3.8, 4) is 0 Å². The zero-order valence-corrected chi connectivity index (χ0v) is 29.6. The van der Waals surface area contributed by atoms with Gasteiger partial charge in [-0.3, -0.25) is 19.2 Å². The maximum atomic E-state index is 15.2. The molecular weight excluding hydrogens is 640 g/mol. The van der Waals surface area contributed by atoms with Gasteiger partial charge in [0.05, 0.1) is 26.1 Å². The number of quaternary nitrogens is 1. The topological polar surface area (TPSA) is 162 Å². The zero-order chi connectivity index (χ0) is 36.5. The van der Waals surface area contributed by atoms with Gasteiger partial charge in [0.25, 0.3) is 11.7 Å². The first kappa shape index (κ1) is 38.4. The first-order chi connectivity index (χ1) is 23.7. The molecule has 4 rings (SSSR count). The Morgan fingerprint density at radius 1 is 0.900 bits per heavy atom. The summed E-state index contributed by atoms with van der Waals surface area (Å²) in [6.07, 6.45) is 1.95. The Hall–Kier alpha value is -4.42. The van der Waals surface area contributed by atoms with Crippen molar-refractivity contribution >= 4 is 35.4 Å². The van der Waals surface area contributed by atoms with Crippen molar-refractivity contribution in [1.29, 1.82) is 0 Å². The van der Waals surface area contributed by atoms with Crippen LogP contribution in [0.25, 0.3) is 0 Å². The lowest BCUT2D eigenvalue weighted by Crippen LogP contribution is -2.70. The van der Waals surface area contributed by atoms with Crippen LogP contribution in [0.15, 0.2) is 60.7 Å². The molecule has 2 aromatic carbocycles. The largest absolute Gasteiger partial charge is 0.463 e. The molecule has 0 aromatic heterocycles. The van der Waals surface area contributed by atoms with E-state index in [1.807, 2.05) is 57.2 Å². The van der Waals surface area contributed by atoms with Gasteiger partial charge in [-0.25, -0.2) is 14.1 Å². The molecule has 12 heteroatoms. The van der Waals surface area contributed by atoms with Crippen molar-refractivity contribution in [3.05, 3.63) is 71.8 Å². The molecule has 2 unspecified atom stereocenters. The maximum absolute atomic E-state index is 15.2. The summed E-state index contributed by atoms with van der Waals surface area (Å²) >= 11 is 0. The van der Waals surface area contributed by atoms with Crippen molar-refractivity contribution < 1.29 is 42.7 Å². The molecule has 2 aliphatic heterocycles. The van der Waals surface area contributed by atoms with Crippen molar-refractivity contribution in [2.45, 2.75) is 89.4 Å². The second-order valence-electron chi connectivity index (χ2n) is 14.3. The lowest BCUT2D eigenvalue weighted by molar-refractivity contribution is -0.874. The van der Waals surface area contributed by atoms with Gasteiger partial charge in [0, 0.05) is 44.8 Å². The number of nitrogens with two attached hydrogens (primary N) is 1. The lowest BCUT2D eigenvalue weighted by atomic mass is 9.88. The van der Waals surface area contributed by atoms with Gasteiger partial charge < -0.3 is 25.4 Å². The minimum Gasteiger partial charge on any atom is -0.463 e. The van der Waals surface area contributed by atoms with Crippen LogP contribution in [0.3, 0.4) is 0 Å². The Balaban J connectivity index is 1.62. The van der Waals surface area contributed by atoms with Crippen LogP contribution in [0.1, 0.15) is 64.0 Å². The number of carbonyl (C=O) groups is 6. The van der Waals surface area contributed by atoms with Crippen molar-refractivity contribution in [2.24, 2.45) is 11.7 Å². The average Bonchev–Trinajstić information content (AvgIpc) is 3.55. The summed E-state index contributed by atoms with van der Waals surface area (Å²) < 4.78 is 9.60. The van der Waals surface area contributed by atoms with Crippen LogP contribution in [-0.4, -0.2) is 102 Å². The molecule has 0 saturated carbocycles. The Morgan fingerprint density at radius 3 is 2.02 bits per heavy atom. The molecule has 2 heterocycles. The molecule has 0 radical (unpaired) electrons. The molecule has 0 bridgehead atoms. The van der Waals surface area contributed by atoms with E-state index in [-0.39, 0.29) is 56.7 Å². The van der Waals surface area contributed by atoms with Gasteiger partial charge in [0.2, 0.25) is 5.91 Å². The number of ketones is 1. The van der Waals surface area contributed by atoms with Gasteiger partial charge in [0.1, 0.15) is 5.60 Å². The molecule has 50 heavy (non-hydrogen) atoms. The molecule has 2 fully saturated rings. The molecule has 12 nitrogen and oxygen atoms in total. The number of piperidine rings is 1. The Kier molecular flexibility index (Phi) is 13.0. The van der Waals surface area contributed by atoms with Gasteiger partial charge in [-0.05, 0) is 51.2 Å². The maximum Gasteiger partial charge on any atom is 0.380 e. The molecule has 4 atom stereocenters. The molecule has 0 spiro atoms. The highest BCUT2D eigenvalue weighted by molar-refractivity contribution is 6.35. The van der Waals surface area contributed by atoms with Gasteiger partial charge in [-0.15, -0.1) is 0 Å². The third kappa shape index (κ3) is 9.63. The first-order valence-corrected chi connectivity index (χ1v) is 17.4. The van der Waals surface area contributed by atoms with Crippen molar-refractivity contribution in [1.82, 2.24) is 10.2 Å². The number of hydrogen-bond acceptors (Lipinski definition) is 9. The van der Waals surface area contributed by atoms with Crippen molar-refractivity contribution in [2.75, 3.05) is 33.3 Å². The molecule has 2 aliphatic rings. The number of esters is 2. The Labute approximate surface area is 294 Å². The smallest absolute Gasteiger partial charge is 0.380 e. The SMILES string of the molecule is COC(=O)C(=O)C(Cc1ccccc1)[N+]1(C(=O)[C@@H](CC(=O)N2CCC(NCC(=O)OC(C)(C)C)CC2)Cc2ccccc2)CCC[C@H]1C(N)=O. The summed E-state index contributed by atoms with van der Waals surface area (Å²) in [6.45, 7) is 6.48. The number of primary amides is 1. The van der Waals surface area contributed by atoms with Gasteiger partial charge in [0.15, 0.2) is 12.1 Å². The number of amides is 3. The van der Waals surface area contributed by atoms with E-state index >= 15 is 4.79 Å². The van der Waals surface area contributed by atoms with E-state index < -0.39 is 51.7 Å². The standard InChI is InChI=1S/C38H50N4O8/c1-38(2,3)50-33(44)25-40-29-17-19-41(20-18-29)32(43)24-28(22-26-12-7-5-8-13-26)36(47)42(21-11-16-30(42)35(39)46)31(34(45)37(48)49-4)23-27-14-9-6-10-15-27/h5-10,12-15,28-31,40H,11,16-25H2,1-4H3,(H-,39,46)/p+1/t28-,30+,31?,42?/m1/s1.